The summed E-state index contributed by atoms with van der Waals surface area (Å²) in [5, 5.41) is 14.8. The van der Waals surface area contributed by atoms with Gasteiger partial charge in [-0.2, -0.15) is 5.10 Å². The molecule has 3 rings (SSSR count). The van der Waals surface area contributed by atoms with Crippen molar-refractivity contribution in [3.63, 3.8) is 0 Å². The molecule has 0 spiro atoms. The van der Waals surface area contributed by atoms with E-state index < -0.39 is 76.5 Å². The molecule has 0 aliphatic carbocycles. The minimum Gasteiger partial charge on any atom is -0.432 e. The van der Waals surface area contributed by atoms with Crippen LogP contribution in [0.15, 0.2) is 12.5 Å². The smallest absolute Gasteiger partial charge is 0.432 e. The highest BCUT2D eigenvalue weighted by Crippen LogP contribution is 2.51. The van der Waals surface area contributed by atoms with E-state index in [0.29, 0.717) is 11.3 Å². The van der Waals surface area contributed by atoms with Crippen LogP contribution in [0.2, 0.25) is 0 Å². The Balaban J connectivity index is 1.69. The van der Waals surface area contributed by atoms with Crippen LogP contribution in [0.4, 0.5) is 14.0 Å². The van der Waals surface area contributed by atoms with Crippen LogP contribution in [0, 0.1) is 6.92 Å². The van der Waals surface area contributed by atoms with Gasteiger partial charge in [-0.05, 0) is 41.5 Å². The highest BCUT2D eigenvalue weighted by molar-refractivity contribution is 7.48. The van der Waals surface area contributed by atoms with E-state index in [9.17, 15) is 19.3 Å². The molecule has 1 aliphatic heterocycles. The first-order valence-electron chi connectivity index (χ1n) is 12.1. The topological polar surface area (TPSA) is 188 Å². The minimum absolute atomic E-state index is 0.192. The molecule has 2 aromatic rings. The summed E-state index contributed by atoms with van der Waals surface area (Å²) in [5.41, 5.74) is -1.27. The number of phosphoric ester groups is 1. The zero-order valence-electron chi connectivity index (χ0n) is 22.7. The van der Waals surface area contributed by atoms with Crippen molar-refractivity contribution in [2.75, 3.05) is 20.2 Å². The fraction of sp³-hybridized carbons (Fsp3) is 0.682. The predicted molar refractivity (Wildman–Crippen MR) is 130 cm³/mol. The van der Waals surface area contributed by atoms with Crippen molar-refractivity contribution in [2.24, 2.45) is 0 Å². The number of carbonyl (C=O) groups is 2. The number of carbonyl (C=O) groups excluding carboxylic acids is 2. The van der Waals surface area contributed by atoms with E-state index in [1.807, 2.05) is 0 Å². The number of ether oxygens (including phenoxy) is 5. The average Bonchev–Trinajstić information content (AvgIpc) is 3.36. The highest BCUT2D eigenvalue weighted by Gasteiger charge is 2.56. The summed E-state index contributed by atoms with van der Waals surface area (Å²) in [6.07, 6.45) is -5.16. The van der Waals surface area contributed by atoms with Crippen molar-refractivity contribution in [1.29, 1.82) is 0 Å². The molecule has 0 aromatic carbocycles. The van der Waals surface area contributed by atoms with Gasteiger partial charge in [-0.3, -0.25) is 4.52 Å². The molecule has 4 atom stereocenters. The molecule has 16 nitrogen and oxygen atoms in total. The molecule has 0 bridgehead atoms. The van der Waals surface area contributed by atoms with Gasteiger partial charge >= 0.3 is 20.1 Å². The Bertz CT molecular complexity index is 1190. The van der Waals surface area contributed by atoms with E-state index in [1.54, 1.807) is 34.6 Å². The van der Waals surface area contributed by atoms with Crippen LogP contribution in [-0.2, 0) is 41.8 Å². The Morgan fingerprint density at radius 3 is 2.23 bits per heavy atom. The maximum absolute atomic E-state index is 15.7. The first-order chi connectivity index (χ1) is 18.7. The maximum Gasteiger partial charge on any atom is 0.510 e. The molecule has 0 radical (unpaired) electrons. The van der Waals surface area contributed by atoms with Crippen LogP contribution < -0.4 is 0 Å². The van der Waals surface area contributed by atoms with Gasteiger partial charge in [-0.25, -0.2) is 42.1 Å². The van der Waals surface area contributed by atoms with Gasteiger partial charge in [-0.1, -0.05) is 0 Å². The Morgan fingerprint density at radius 1 is 1.10 bits per heavy atom. The van der Waals surface area contributed by atoms with Crippen molar-refractivity contribution in [1.82, 2.24) is 19.6 Å². The molecule has 1 fully saturated rings. The molecule has 0 saturated carbocycles. The Kier molecular flexibility index (Phi) is 10.4. The van der Waals surface area contributed by atoms with Crippen LogP contribution >= 0.6 is 7.82 Å². The Morgan fingerprint density at radius 2 is 1.68 bits per heavy atom. The zero-order chi connectivity index (χ0) is 29.7. The van der Waals surface area contributed by atoms with Crippen LogP contribution in [0.5, 0.6) is 0 Å². The maximum atomic E-state index is 15.7. The number of hydrogen-bond donors (Lipinski definition) is 1. The number of aryl methyl sites for hydroxylation is 1. The van der Waals surface area contributed by atoms with E-state index >= 15 is 4.39 Å². The highest BCUT2D eigenvalue weighted by atomic mass is 31.2. The lowest BCUT2D eigenvalue weighted by atomic mass is 9.93. The van der Waals surface area contributed by atoms with Crippen molar-refractivity contribution in [3.8, 4) is 0 Å². The molecule has 1 aliphatic rings. The first kappa shape index (κ1) is 31.6. The van der Waals surface area contributed by atoms with Gasteiger partial charge in [0.05, 0.1) is 36.4 Å². The second kappa shape index (κ2) is 13.1. The second-order valence-electron chi connectivity index (χ2n) is 9.27. The lowest BCUT2D eigenvalue weighted by Crippen LogP contribution is -2.39. The fourth-order valence-corrected chi connectivity index (χ4v) is 4.44. The second-order valence-corrected chi connectivity index (χ2v) is 10.9. The van der Waals surface area contributed by atoms with Crippen molar-refractivity contribution in [3.05, 3.63) is 23.9 Å². The van der Waals surface area contributed by atoms with Crippen molar-refractivity contribution in [2.45, 2.75) is 77.7 Å². The number of phosphoric acid groups is 1. The van der Waals surface area contributed by atoms with Gasteiger partial charge < -0.3 is 28.8 Å². The minimum atomic E-state index is -4.66. The fourth-order valence-electron chi connectivity index (χ4n) is 3.53. The average molecular weight is 594 g/mol. The third-order valence-corrected chi connectivity index (χ3v) is 6.67. The molecule has 2 aromatic heterocycles. The Labute approximate surface area is 228 Å². The number of aromatic nitrogens is 4. The molecule has 40 heavy (non-hydrogen) atoms. The molecule has 0 unspecified atom stereocenters. The largest absolute Gasteiger partial charge is 0.510 e. The molecular weight excluding hydrogens is 562 g/mol. The van der Waals surface area contributed by atoms with E-state index in [0.717, 1.165) is 6.92 Å². The van der Waals surface area contributed by atoms with E-state index in [-0.39, 0.29) is 5.69 Å². The lowest BCUT2D eigenvalue weighted by Gasteiger charge is -2.23. The van der Waals surface area contributed by atoms with E-state index in [4.69, 9.17) is 27.8 Å². The van der Waals surface area contributed by atoms with Crippen molar-refractivity contribution >= 4 is 25.8 Å². The number of aliphatic hydroxyl groups excluding tert-OH is 1. The number of hydrogen-bond acceptors (Lipinski definition) is 15. The van der Waals surface area contributed by atoms with Gasteiger partial charge in [0.2, 0.25) is 13.6 Å². The summed E-state index contributed by atoms with van der Waals surface area (Å²) >= 11 is 0. The number of aliphatic hydroxyl groups is 1. The van der Waals surface area contributed by atoms with E-state index in [1.165, 1.54) is 17.0 Å². The van der Waals surface area contributed by atoms with Gasteiger partial charge in [0.25, 0.3) is 0 Å². The zero-order valence-corrected chi connectivity index (χ0v) is 23.6. The van der Waals surface area contributed by atoms with Gasteiger partial charge in [0.15, 0.2) is 11.3 Å². The third kappa shape index (κ3) is 7.83. The number of rotatable bonds is 12. The lowest BCUT2D eigenvalue weighted by molar-refractivity contribution is -0.0602. The standard InChI is InChI=1S/C22H32FN4O12P/c1-12(2)37-20(29)32-10-35-40(31,36-11-33-21(30)38-13(3)4)34-8-16-17(28)22(6,23)18(39-16)15-7-24-19-14(5)25-9-26-27(15)19/h7,9,12-13,16-18,28H,8,10-11H2,1-6H3/t16-,17-,18+,22-/m1/s1. The molecule has 1 saturated heterocycles. The molecule has 0 amide bonds. The number of nitrogens with zero attached hydrogens (tertiary/aromatic N) is 4. The van der Waals surface area contributed by atoms with Crippen LogP contribution in [0.1, 0.15) is 52.1 Å². The number of alkyl halides is 1. The number of imidazole rings is 1. The summed E-state index contributed by atoms with van der Waals surface area (Å²) in [7, 11) is -4.66. The summed E-state index contributed by atoms with van der Waals surface area (Å²) in [6, 6.07) is 0. The third-order valence-electron chi connectivity index (χ3n) is 5.37. The van der Waals surface area contributed by atoms with E-state index in [2.05, 4.69) is 24.5 Å². The monoisotopic (exact) mass is 594 g/mol. The SMILES string of the molecule is Cc1ncnn2c([C@@H]3O[C@H](COP(=O)(OCOC(=O)OC(C)C)OCOC(=O)OC(C)C)[C@@H](O)[C@@]3(C)F)cnc12. The van der Waals surface area contributed by atoms with Gasteiger partial charge in [-0.15, -0.1) is 0 Å². The van der Waals surface area contributed by atoms with Crippen LogP contribution in [0.25, 0.3) is 5.65 Å². The summed E-state index contributed by atoms with van der Waals surface area (Å²) in [5.74, 6) is 0. The van der Waals surface area contributed by atoms with Gasteiger partial charge in [0.1, 0.15) is 24.6 Å². The molecule has 3 heterocycles. The first-order valence-corrected chi connectivity index (χ1v) is 13.6. The molecular formula is C22H32FN4O12P. The molecule has 224 valence electrons. The summed E-state index contributed by atoms with van der Waals surface area (Å²) < 4.78 is 70.0. The number of halogens is 1. The Hall–Kier alpha value is -2.95. The predicted octanol–water partition coefficient (Wildman–Crippen LogP) is 3.16. The van der Waals surface area contributed by atoms with Gasteiger partial charge in [0, 0.05) is 0 Å². The normalized spacial score (nSPS) is 23.1. The molecule has 1 N–H and O–H groups in total. The number of fused-ring (bicyclic) bond motifs is 1. The quantitative estimate of drug-likeness (QED) is 0.214. The summed E-state index contributed by atoms with van der Waals surface area (Å²) in [6.45, 7) is 6.50. The van der Waals surface area contributed by atoms with Crippen LogP contribution in [-0.4, -0.2) is 87.3 Å². The molecule has 18 heteroatoms. The van der Waals surface area contributed by atoms with Crippen LogP contribution in [0.3, 0.4) is 0 Å². The van der Waals surface area contributed by atoms with Crippen molar-refractivity contribution < 1.29 is 60.9 Å². The summed E-state index contributed by atoms with van der Waals surface area (Å²) in [4.78, 5) is 31.4.